The van der Waals surface area contributed by atoms with E-state index < -0.39 is 17.5 Å². The smallest absolute Gasteiger partial charge is 0.247 e. The molecule has 0 unspecified atom stereocenters. The molecule has 1 aromatic carbocycles. The molecular formula is C9H8FNO2. The van der Waals surface area contributed by atoms with Crippen LogP contribution in [0.5, 0.6) is 5.75 Å². The second kappa shape index (κ2) is 3.71. The molecule has 4 heteroatoms. The van der Waals surface area contributed by atoms with Gasteiger partial charge < -0.3 is 10.4 Å². The van der Waals surface area contributed by atoms with Gasteiger partial charge in [-0.1, -0.05) is 6.58 Å². The van der Waals surface area contributed by atoms with Crippen molar-refractivity contribution in [3.8, 4) is 5.75 Å². The fourth-order valence-corrected chi connectivity index (χ4v) is 0.778. The molecule has 0 fully saturated rings. The largest absolute Gasteiger partial charge is 0.505 e. The summed E-state index contributed by atoms with van der Waals surface area (Å²) in [5.74, 6) is -1.65. The molecule has 0 spiro atoms. The molecule has 68 valence electrons. The van der Waals surface area contributed by atoms with Gasteiger partial charge in [-0.25, -0.2) is 4.39 Å². The Morgan fingerprint density at radius 1 is 1.62 bits per heavy atom. The van der Waals surface area contributed by atoms with Gasteiger partial charge in [0.05, 0.1) is 0 Å². The van der Waals surface area contributed by atoms with E-state index in [2.05, 4.69) is 11.9 Å². The molecule has 0 saturated carbocycles. The summed E-state index contributed by atoms with van der Waals surface area (Å²) in [6.07, 6.45) is 1.07. The minimum atomic E-state index is -0.776. The van der Waals surface area contributed by atoms with E-state index in [0.29, 0.717) is 0 Å². The van der Waals surface area contributed by atoms with Crippen LogP contribution in [0.3, 0.4) is 0 Å². The van der Waals surface area contributed by atoms with Crippen molar-refractivity contribution in [2.45, 2.75) is 0 Å². The minimum absolute atomic E-state index is 0.278. The number of carbonyl (C=O) groups excluding carboxylic acids is 1. The van der Waals surface area contributed by atoms with Crippen LogP contribution in [0, 0.1) is 5.82 Å². The molecule has 1 aromatic rings. The van der Waals surface area contributed by atoms with E-state index in [1.54, 1.807) is 0 Å². The Kier molecular flexibility index (Phi) is 2.64. The van der Waals surface area contributed by atoms with E-state index in [1.807, 2.05) is 0 Å². The second-order valence-electron chi connectivity index (χ2n) is 2.36. The minimum Gasteiger partial charge on any atom is -0.505 e. The summed E-state index contributed by atoms with van der Waals surface area (Å²) in [6.45, 7) is 3.24. The van der Waals surface area contributed by atoms with Crippen LogP contribution < -0.4 is 5.32 Å². The number of amides is 1. The Balaban J connectivity index is 2.85. The number of carbonyl (C=O) groups is 1. The van der Waals surface area contributed by atoms with Gasteiger partial charge in [-0.3, -0.25) is 4.79 Å². The third kappa shape index (κ3) is 2.30. The number of phenolic OH excluding ortho intramolecular Hbond substituents is 1. The molecule has 0 aromatic heterocycles. The highest BCUT2D eigenvalue weighted by Gasteiger charge is 2.02. The van der Waals surface area contributed by atoms with E-state index in [0.717, 1.165) is 18.2 Å². The van der Waals surface area contributed by atoms with E-state index in [-0.39, 0.29) is 5.69 Å². The third-order valence-electron chi connectivity index (χ3n) is 1.40. The van der Waals surface area contributed by atoms with Gasteiger partial charge in [0.2, 0.25) is 5.91 Å². The Morgan fingerprint density at radius 2 is 2.31 bits per heavy atom. The SMILES string of the molecule is C=CC(=O)Nc1ccc(O)c(F)c1. The predicted molar refractivity (Wildman–Crippen MR) is 46.9 cm³/mol. The number of anilines is 1. The summed E-state index contributed by atoms with van der Waals surface area (Å²) in [7, 11) is 0. The molecule has 0 heterocycles. The molecule has 0 atom stereocenters. The number of hydrogen-bond acceptors (Lipinski definition) is 2. The maximum Gasteiger partial charge on any atom is 0.247 e. The first kappa shape index (κ1) is 9.25. The zero-order valence-corrected chi connectivity index (χ0v) is 6.75. The molecule has 1 rings (SSSR count). The van der Waals surface area contributed by atoms with Gasteiger partial charge in [-0.2, -0.15) is 0 Å². The maximum absolute atomic E-state index is 12.7. The van der Waals surface area contributed by atoms with Crippen LogP contribution in [0.25, 0.3) is 0 Å². The Labute approximate surface area is 74.5 Å². The summed E-state index contributed by atoms with van der Waals surface area (Å²) in [4.78, 5) is 10.8. The summed E-state index contributed by atoms with van der Waals surface area (Å²) < 4.78 is 12.7. The monoisotopic (exact) mass is 181 g/mol. The molecule has 0 saturated heterocycles. The van der Waals surface area contributed by atoms with Crippen molar-refractivity contribution in [2.75, 3.05) is 5.32 Å². The lowest BCUT2D eigenvalue weighted by molar-refractivity contribution is -0.111. The average molecular weight is 181 g/mol. The van der Waals surface area contributed by atoms with Crippen LogP contribution in [0.1, 0.15) is 0 Å². The van der Waals surface area contributed by atoms with Gasteiger partial charge in [0, 0.05) is 11.8 Å². The molecule has 0 aliphatic rings. The zero-order chi connectivity index (χ0) is 9.84. The number of phenols is 1. The van der Waals surface area contributed by atoms with Crippen molar-refractivity contribution in [2.24, 2.45) is 0 Å². The normalized spacial score (nSPS) is 9.31. The summed E-state index contributed by atoms with van der Waals surface area (Å²) in [5, 5.41) is 11.2. The van der Waals surface area contributed by atoms with Gasteiger partial charge in [0.1, 0.15) is 0 Å². The second-order valence-corrected chi connectivity index (χ2v) is 2.36. The molecule has 0 aliphatic carbocycles. The van der Waals surface area contributed by atoms with Gasteiger partial charge in [0.15, 0.2) is 11.6 Å². The molecular weight excluding hydrogens is 173 g/mol. The Hall–Kier alpha value is -1.84. The highest BCUT2D eigenvalue weighted by atomic mass is 19.1. The van der Waals surface area contributed by atoms with Crippen molar-refractivity contribution < 1.29 is 14.3 Å². The zero-order valence-electron chi connectivity index (χ0n) is 6.75. The first-order valence-corrected chi connectivity index (χ1v) is 3.55. The van der Waals surface area contributed by atoms with Gasteiger partial charge in [0.25, 0.3) is 0 Å². The summed E-state index contributed by atoms with van der Waals surface area (Å²) in [5.41, 5.74) is 0.278. The highest BCUT2D eigenvalue weighted by Crippen LogP contribution is 2.19. The Bertz CT molecular complexity index is 349. The number of benzene rings is 1. The fourth-order valence-electron chi connectivity index (χ4n) is 0.778. The van der Waals surface area contributed by atoms with Crippen LogP contribution >= 0.6 is 0 Å². The first-order valence-electron chi connectivity index (χ1n) is 3.55. The van der Waals surface area contributed by atoms with Gasteiger partial charge in [-0.05, 0) is 18.2 Å². The van der Waals surface area contributed by atoms with Crippen LogP contribution in [-0.4, -0.2) is 11.0 Å². The topological polar surface area (TPSA) is 49.3 Å². The molecule has 3 nitrogen and oxygen atoms in total. The molecule has 1 amide bonds. The van der Waals surface area contributed by atoms with E-state index >= 15 is 0 Å². The van der Waals surface area contributed by atoms with E-state index in [1.165, 1.54) is 6.07 Å². The number of halogens is 1. The maximum atomic E-state index is 12.7. The lowest BCUT2D eigenvalue weighted by Gasteiger charge is -2.02. The highest BCUT2D eigenvalue weighted by molar-refractivity contribution is 5.98. The van der Waals surface area contributed by atoms with Crippen molar-refractivity contribution in [1.82, 2.24) is 0 Å². The van der Waals surface area contributed by atoms with Crippen LogP contribution in [0.4, 0.5) is 10.1 Å². The van der Waals surface area contributed by atoms with Crippen molar-refractivity contribution in [3.63, 3.8) is 0 Å². The van der Waals surface area contributed by atoms with Gasteiger partial charge in [-0.15, -0.1) is 0 Å². The Morgan fingerprint density at radius 3 is 2.85 bits per heavy atom. The predicted octanol–water partition coefficient (Wildman–Crippen LogP) is 1.66. The van der Waals surface area contributed by atoms with Crippen LogP contribution in [0.2, 0.25) is 0 Å². The third-order valence-corrected chi connectivity index (χ3v) is 1.40. The van der Waals surface area contributed by atoms with Crippen LogP contribution in [-0.2, 0) is 4.79 Å². The number of rotatable bonds is 2. The lowest BCUT2D eigenvalue weighted by atomic mass is 10.3. The number of aromatic hydroxyl groups is 1. The molecule has 2 N–H and O–H groups in total. The molecule has 0 bridgehead atoms. The van der Waals surface area contributed by atoms with E-state index in [9.17, 15) is 9.18 Å². The van der Waals surface area contributed by atoms with E-state index in [4.69, 9.17) is 5.11 Å². The number of nitrogens with one attached hydrogen (secondary N) is 1. The lowest BCUT2D eigenvalue weighted by Crippen LogP contribution is -2.07. The molecule has 0 aliphatic heterocycles. The van der Waals surface area contributed by atoms with Crippen molar-refractivity contribution in [1.29, 1.82) is 0 Å². The molecule has 0 radical (unpaired) electrons. The summed E-state index contributed by atoms with van der Waals surface area (Å²) in [6, 6.07) is 3.57. The summed E-state index contributed by atoms with van der Waals surface area (Å²) >= 11 is 0. The average Bonchev–Trinajstić information content (AvgIpc) is 2.11. The fraction of sp³-hybridized carbons (Fsp3) is 0. The standard InChI is InChI=1S/C9H8FNO2/c1-2-9(13)11-6-3-4-8(12)7(10)5-6/h2-5,12H,1H2,(H,11,13). The number of hydrogen-bond donors (Lipinski definition) is 2. The molecule has 13 heavy (non-hydrogen) atoms. The van der Waals surface area contributed by atoms with Crippen molar-refractivity contribution >= 4 is 11.6 Å². The quantitative estimate of drug-likeness (QED) is 0.538. The van der Waals surface area contributed by atoms with Crippen molar-refractivity contribution in [3.05, 3.63) is 36.7 Å². The first-order chi connectivity index (χ1) is 6.13. The van der Waals surface area contributed by atoms with Gasteiger partial charge >= 0.3 is 0 Å². The van der Waals surface area contributed by atoms with Crippen LogP contribution in [0.15, 0.2) is 30.9 Å².